The van der Waals surface area contributed by atoms with Gasteiger partial charge in [0.2, 0.25) is 0 Å². The van der Waals surface area contributed by atoms with Gasteiger partial charge in [-0.2, -0.15) is 11.8 Å². The van der Waals surface area contributed by atoms with Gasteiger partial charge in [0.05, 0.1) is 11.0 Å². The maximum absolute atomic E-state index is 2.49. The van der Waals surface area contributed by atoms with Gasteiger partial charge in [0.1, 0.15) is 0 Å². The molecule has 1 saturated heterocycles. The van der Waals surface area contributed by atoms with E-state index in [4.69, 9.17) is 0 Å². The van der Waals surface area contributed by atoms with Gasteiger partial charge in [-0.05, 0) is 126 Å². The van der Waals surface area contributed by atoms with Gasteiger partial charge in [-0.15, -0.1) is 0 Å². The van der Waals surface area contributed by atoms with Gasteiger partial charge in [0.25, 0.3) is 0 Å². The lowest BCUT2D eigenvalue weighted by Gasteiger charge is -2.49. The number of nitrogens with zero attached hydrogens (tertiary/aromatic N) is 2. The van der Waals surface area contributed by atoms with Gasteiger partial charge in [-0.25, -0.2) is 0 Å². The molecule has 0 amide bonds. The van der Waals surface area contributed by atoms with Crippen molar-refractivity contribution < 1.29 is 0 Å². The number of thioether (sulfide) groups is 1. The highest BCUT2D eigenvalue weighted by molar-refractivity contribution is 8.02. The molecule has 238 valence electrons. The Kier molecular flexibility index (Phi) is 6.11. The van der Waals surface area contributed by atoms with Crippen molar-refractivity contribution in [2.45, 2.75) is 36.3 Å². The van der Waals surface area contributed by atoms with Crippen LogP contribution in [0.4, 0.5) is 17.1 Å². The minimum absolute atomic E-state index is 0.503. The maximum Gasteiger partial charge on any atom is 0.0561 e. The Morgan fingerprint density at radius 1 is 0.571 bits per heavy atom. The number of para-hydroxylation sites is 3. The highest BCUT2D eigenvalue weighted by Gasteiger charge is 2.59. The van der Waals surface area contributed by atoms with E-state index in [0.717, 1.165) is 23.4 Å². The van der Waals surface area contributed by atoms with Gasteiger partial charge in [0.15, 0.2) is 0 Å². The van der Waals surface area contributed by atoms with E-state index in [1.54, 1.807) is 11.1 Å². The maximum atomic E-state index is 2.49. The molecule has 2 nitrogen and oxygen atoms in total. The Morgan fingerprint density at radius 2 is 1.29 bits per heavy atom. The molecule has 1 aliphatic heterocycles. The van der Waals surface area contributed by atoms with Crippen LogP contribution in [0.25, 0.3) is 38.6 Å². The molecule has 7 aromatic rings. The number of hydrogen-bond donors (Lipinski definition) is 0. The summed E-state index contributed by atoms with van der Waals surface area (Å²) in [6, 6.07) is 54.2. The van der Waals surface area contributed by atoms with E-state index >= 15 is 0 Å². The van der Waals surface area contributed by atoms with Gasteiger partial charge in [0, 0.05) is 44.2 Å². The van der Waals surface area contributed by atoms with Crippen molar-refractivity contribution in [1.29, 1.82) is 0 Å². The van der Waals surface area contributed by atoms with E-state index in [-0.39, 0.29) is 0 Å². The average Bonchev–Trinajstić information content (AvgIpc) is 3.72. The number of aromatic nitrogens is 1. The van der Waals surface area contributed by atoms with E-state index in [1.165, 1.54) is 81.4 Å². The van der Waals surface area contributed by atoms with E-state index in [0.29, 0.717) is 10.7 Å². The molecule has 3 fully saturated rings. The normalized spacial score (nSPS) is 24.7. The SMILES string of the molecule is c1ccc(N(c2ccc3c(c2)-c2ccccc2C3C2CC3CC4CSC4(C3)C2)c2ccc3c4ccccc4n(-c4ccccc4)c3c2)cc1. The second kappa shape index (κ2) is 10.6. The summed E-state index contributed by atoms with van der Waals surface area (Å²) in [6.07, 6.45) is 5.73. The van der Waals surface area contributed by atoms with Crippen LogP contribution in [0.2, 0.25) is 0 Å². The summed E-state index contributed by atoms with van der Waals surface area (Å²) in [6.45, 7) is 0. The van der Waals surface area contributed by atoms with Crippen molar-refractivity contribution in [3.63, 3.8) is 0 Å². The third-order valence-electron chi connectivity index (χ3n) is 12.4. The van der Waals surface area contributed by atoms with Crippen LogP contribution in [0.15, 0.2) is 146 Å². The lowest BCUT2D eigenvalue weighted by molar-refractivity contribution is 0.247. The standard InChI is InChI=1S/C46H38N2S/c1-3-11-33(12-4-1)47(36-19-21-39-38-16-9-10-18-43(38)48(44(39)26-36)34-13-5-2-6-14-34)35-20-22-41-42(25-35)37-15-7-8-17-40(37)45(41)31-23-30-24-32-29-49-46(32,27-30)28-31/h1-22,25-26,30-32,45H,23-24,27-29H2. The predicted octanol–water partition coefficient (Wildman–Crippen LogP) is 12.3. The molecule has 3 heteroatoms. The van der Waals surface area contributed by atoms with Crippen LogP contribution in [0.3, 0.4) is 0 Å². The molecular weight excluding hydrogens is 613 g/mol. The molecule has 5 atom stereocenters. The fraction of sp³-hybridized carbons (Fsp3) is 0.217. The van der Waals surface area contributed by atoms with Gasteiger partial charge < -0.3 is 9.47 Å². The highest BCUT2D eigenvalue weighted by atomic mass is 32.2. The molecule has 0 radical (unpaired) electrons. The van der Waals surface area contributed by atoms with Crippen LogP contribution in [-0.2, 0) is 0 Å². The molecule has 49 heavy (non-hydrogen) atoms. The quantitative estimate of drug-likeness (QED) is 0.183. The summed E-state index contributed by atoms with van der Waals surface area (Å²) in [7, 11) is 0. The summed E-state index contributed by atoms with van der Waals surface area (Å²) in [5.41, 5.74) is 13.1. The summed E-state index contributed by atoms with van der Waals surface area (Å²) >= 11 is 2.30. The van der Waals surface area contributed by atoms with Crippen LogP contribution < -0.4 is 4.90 Å². The molecular formula is C46H38N2S. The molecule has 4 aliphatic rings. The number of rotatable bonds is 5. The molecule has 1 spiro atoms. The third-order valence-corrected chi connectivity index (χ3v) is 14.3. The lowest BCUT2D eigenvalue weighted by atomic mass is 9.70. The Morgan fingerprint density at radius 3 is 2.14 bits per heavy atom. The van der Waals surface area contributed by atoms with E-state index in [9.17, 15) is 0 Å². The minimum atomic E-state index is 0.503. The molecule has 2 heterocycles. The van der Waals surface area contributed by atoms with Gasteiger partial charge in [-0.3, -0.25) is 0 Å². The van der Waals surface area contributed by atoms with Crippen molar-refractivity contribution in [3.05, 3.63) is 157 Å². The Labute approximate surface area is 292 Å². The molecule has 11 rings (SSSR count). The van der Waals surface area contributed by atoms with Crippen molar-refractivity contribution in [2.24, 2.45) is 17.8 Å². The molecule has 5 unspecified atom stereocenters. The largest absolute Gasteiger partial charge is 0.310 e. The number of benzene rings is 6. The van der Waals surface area contributed by atoms with Crippen molar-refractivity contribution in [1.82, 2.24) is 4.57 Å². The first-order valence-electron chi connectivity index (χ1n) is 18.1. The molecule has 1 aromatic heterocycles. The average molecular weight is 651 g/mol. The van der Waals surface area contributed by atoms with Crippen LogP contribution in [0.1, 0.15) is 42.7 Å². The zero-order valence-corrected chi connectivity index (χ0v) is 28.3. The zero-order valence-electron chi connectivity index (χ0n) is 27.5. The van der Waals surface area contributed by atoms with E-state index in [1.807, 2.05) is 0 Å². The minimum Gasteiger partial charge on any atom is -0.310 e. The molecule has 2 bridgehead atoms. The highest BCUT2D eigenvalue weighted by Crippen LogP contribution is 2.67. The second-order valence-electron chi connectivity index (χ2n) is 15.0. The zero-order chi connectivity index (χ0) is 32.1. The lowest BCUT2D eigenvalue weighted by Crippen LogP contribution is -2.44. The Balaban J connectivity index is 1.07. The summed E-state index contributed by atoms with van der Waals surface area (Å²) < 4.78 is 3.00. The third kappa shape index (κ3) is 4.15. The molecule has 6 aromatic carbocycles. The topological polar surface area (TPSA) is 8.17 Å². The summed E-state index contributed by atoms with van der Waals surface area (Å²) in [5.74, 6) is 4.53. The van der Waals surface area contributed by atoms with Gasteiger partial charge >= 0.3 is 0 Å². The fourth-order valence-electron chi connectivity index (χ4n) is 10.5. The Bertz CT molecular complexity index is 2390. The molecule has 0 N–H and O–H groups in total. The Hall–Kier alpha value is -4.73. The predicted molar refractivity (Wildman–Crippen MR) is 207 cm³/mol. The first-order valence-corrected chi connectivity index (χ1v) is 19.0. The van der Waals surface area contributed by atoms with Crippen LogP contribution >= 0.6 is 11.8 Å². The number of anilines is 3. The van der Waals surface area contributed by atoms with Crippen LogP contribution in [0.5, 0.6) is 0 Å². The second-order valence-corrected chi connectivity index (χ2v) is 16.4. The summed E-state index contributed by atoms with van der Waals surface area (Å²) in [4.78, 5) is 2.46. The molecule has 3 aliphatic carbocycles. The molecule has 2 saturated carbocycles. The van der Waals surface area contributed by atoms with Crippen molar-refractivity contribution >= 4 is 50.6 Å². The van der Waals surface area contributed by atoms with Crippen molar-refractivity contribution in [2.75, 3.05) is 10.7 Å². The smallest absolute Gasteiger partial charge is 0.0561 e. The van der Waals surface area contributed by atoms with Gasteiger partial charge in [-0.1, -0.05) is 91.0 Å². The van der Waals surface area contributed by atoms with Crippen LogP contribution in [-0.4, -0.2) is 15.1 Å². The number of fused-ring (bicyclic) bond motifs is 7. The summed E-state index contributed by atoms with van der Waals surface area (Å²) in [5, 5.41) is 2.55. The van der Waals surface area contributed by atoms with E-state index < -0.39 is 0 Å². The van der Waals surface area contributed by atoms with E-state index in [2.05, 4.69) is 167 Å². The fourth-order valence-corrected chi connectivity index (χ4v) is 12.3. The monoisotopic (exact) mass is 650 g/mol. The van der Waals surface area contributed by atoms with Crippen molar-refractivity contribution in [3.8, 4) is 16.8 Å². The van der Waals surface area contributed by atoms with Crippen LogP contribution in [0, 0.1) is 17.8 Å². The number of hydrogen-bond acceptors (Lipinski definition) is 2. The first kappa shape index (κ1) is 28.1. The first-order chi connectivity index (χ1) is 24.2.